The van der Waals surface area contributed by atoms with E-state index in [-0.39, 0.29) is 18.5 Å². The molecule has 0 unspecified atom stereocenters. The Bertz CT molecular complexity index is 1050. The van der Waals surface area contributed by atoms with Gasteiger partial charge in [0.1, 0.15) is 6.10 Å². The lowest BCUT2D eigenvalue weighted by Gasteiger charge is -2.29. The van der Waals surface area contributed by atoms with Crippen LogP contribution in [0.3, 0.4) is 0 Å². The second kappa shape index (κ2) is 8.59. The molecular weight excluding hydrogens is 409 g/mol. The van der Waals surface area contributed by atoms with E-state index >= 15 is 0 Å². The van der Waals surface area contributed by atoms with E-state index in [9.17, 15) is 0 Å². The molecule has 1 saturated carbocycles. The van der Waals surface area contributed by atoms with Crippen molar-refractivity contribution in [3.8, 4) is 5.88 Å². The number of fused-ring (bicyclic) bond motifs is 3. The summed E-state index contributed by atoms with van der Waals surface area (Å²) in [5.74, 6) is 1.09. The zero-order chi connectivity index (χ0) is 18.9. The monoisotopic (exact) mass is 431 g/mol. The van der Waals surface area contributed by atoms with Crippen LogP contribution in [0.4, 0.5) is 5.69 Å². The Morgan fingerprint density at radius 2 is 2.00 bits per heavy atom. The lowest BCUT2D eigenvalue weighted by molar-refractivity contribution is 0.136. The first-order valence-corrected chi connectivity index (χ1v) is 10.2. The standard InChI is InChI=1S/C21H22ClN5O.ClH/c22-14-8-10-24-20-16-12-25-27-19(21(16)26-17(20)11-14)13-4-6-15(7-5-13)28-18-3-1-2-9-23-18;/h1-3,8-9,11,13,15,24,26H,4-7,10,12H2;1H/t13-,15-;. The summed E-state index contributed by atoms with van der Waals surface area (Å²) < 4.78 is 6.03. The van der Waals surface area contributed by atoms with Crippen LogP contribution < -0.4 is 20.8 Å². The molecule has 0 aromatic carbocycles. The Kier molecular flexibility index (Phi) is 5.92. The smallest absolute Gasteiger partial charge is 0.213 e. The van der Waals surface area contributed by atoms with Crippen LogP contribution in [-0.2, 0) is 6.54 Å². The Hall–Kier alpha value is -2.31. The minimum absolute atomic E-state index is 0. The van der Waals surface area contributed by atoms with Crippen molar-refractivity contribution < 1.29 is 4.74 Å². The summed E-state index contributed by atoms with van der Waals surface area (Å²) in [7, 11) is 0. The molecule has 2 N–H and O–H groups in total. The van der Waals surface area contributed by atoms with Crippen molar-refractivity contribution in [2.45, 2.75) is 38.3 Å². The minimum atomic E-state index is 0. The fourth-order valence-electron chi connectivity index (χ4n) is 4.25. The maximum atomic E-state index is 6.25. The van der Waals surface area contributed by atoms with E-state index < -0.39 is 0 Å². The number of pyridine rings is 1. The summed E-state index contributed by atoms with van der Waals surface area (Å²) in [6.45, 7) is 1.32. The number of halogens is 2. The number of hydrogen-bond donors (Lipinski definition) is 2. The molecular formula is C21H23Cl2N5O. The van der Waals surface area contributed by atoms with Crippen LogP contribution in [0.15, 0.2) is 45.7 Å². The fourth-order valence-corrected chi connectivity index (χ4v) is 4.44. The van der Waals surface area contributed by atoms with Gasteiger partial charge in [0.2, 0.25) is 5.88 Å². The number of aromatic amines is 1. The highest BCUT2D eigenvalue weighted by atomic mass is 35.5. The predicted molar refractivity (Wildman–Crippen MR) is 117 cm³/mol. The summed E-state index contributed by atoms with van der Waals surface area (Å²) in [6.07, 6.45) is 9.99. The van der Waals surface area contributed by atoms with E-state index in [2.05, 4.69) is 25.5 Å². The first-order valence-electron chi connectivity index (χ1n) is 9.79. The average Bonchev–Trinajstić information content (AvgIpc) is 2.95. The van der Waals surface area contributed by atoms with Gasteiger partial charge >= 0.3 is 0 Å². The Balaban J connectivity index is 0.00000205. The average molecular weight is 432 g/mol. The summed E-state index contributed by atoms with van der Waals surface area (Å²) in [5.41, 5.74) is 3.37. The third-order valence-corrected chi connectivity index (χ3v) is 5.90. The molecule has 0 saturated heterocycles. The zero-order valence-electron chi connectivity index (χ0n) is 15.9. The molecule has 1 fully saturated rings. The predicted octanol–water partition coefficient (Wildman–Crippen LogP) is 3.87. The Morgan fingerprint density at radius 3 is 2.79 bits per heavy atom. The molecule has 0 atom stereocenters. The van der Waals surface area contributed by atoms with Crippen LogP contribution in [0, 0.1) is 5.92 Å². The van der Waals surface area contributed by atoms with E-state index in [0.717, 1.165) is 59.3 Å². The second-order valence-corrected chi connectivity index (χ2v) is 7.86. The molecule has 2 aromatic heterocycles. The number of nitrogens with one attached hydrogen (secondary N) is 2. The van der Waals surface area contributed by atoms with Crippen molar-refractivity contribution in [2.24, 2.45) is 16.1 Å². The zero-order valence-corrected chi connectivity index (χ0v) is 17.5. The van der Waals surface area contributed by atoms with Gasteiger partial charge < -0.3 is 15.0 Å². The number of ether oxygens (including phenoxy) is 1. The largest absolute Gasteiger partial charge is 0.474 e. The Labute approximate surface area is 180 Å². The third-order valence-electron chi connectivity index (χ3n) is 5.64. The molecule has 2 aromatic rings. The Morgan fingerprint density at radius 1 is 1.14 bits per heavy atom. The van der Waals surface area contributed by atoms with Crippen LogP contribution in [0.5, 0.6) is 5.88 Å². The van der Waals surface area contributed by atoms with Gasteiger partial charge in [0.05, 0.1) is 28.6 Å². The van der Waals surface area contributed by atoms with Gasteiger partial charge in [-0.2, -0.15) is 10.2 Å². The quantitative estimate of drug-likeness (QED) is 0.773. The molecule has 6 nitrogen and oxygen atoms in total. The number of nitrogens with zero attached hydrogens (tertiary/aromatic N) is 3. The summed E-state index contributed by atoms with van der Waals surface area (Å²) in [5, 5.41) is 15.3. The summed E-state index contributed by atoms with van der Waals surface area (Å²) in [6, 6.07) is 5.77. The van der Waals surface area contributed by atoms with Crippen LogP contribution in [-0.4, -0.2) is 22.6 Å². The molecule has 8 heteroatoms. The molecule has 1 aliphatic carbocycles. The molecule has 0 radical (unpaired) electrons. The molecule has 29 heavy (non-hydrogen) atoms. The van der Waals surface area contributed by atoms with Gasteiger partial charge in [-0.3, -0.25) is 0 Å². The van der Waals surface area contributed by atoms with Crippen molar-refractivity contribution in [2.75, 3.05) is 11.9 Å². The van der Waals surface area contributed by atoms with Crippen molar-refractivity contribution in [3.05, 3.63) is 51.8 Å². The normalized spacial score (nSPS) is 22.8. The lowest BCUT2D eigenvalue weighted by Crippen LogP contribution is -2.28. The van der Waals surface area contributed by atoms with Crippen molar-refractivity contribution in [1.82, 2.24) is 9.97 Å². The van der Waals surface area contributed by atoms with Crippen LogP contribution in [0.1, 0.15) is 31.2 Å². The van der Waals surface area contributed by atoms with E-state index in [1.807, 2.05) is 30.4 Å². The summed E-state index contributed by atoms with van der Waals surface area (Å²) >= 11 is 6.25. The van der Waals surface area contributed by atoms with Crippen LogP contribution in [0.2, 0.25) is 0 Å². The van der Waals surface area contributed by atoms with E-state index in [0.29, 0.717) is 18.3 Å². The fraction of sp³-hybridized carbons (Fsp3) is 0.381. The number of azo groups is 1. The maximum Gasteiger partial charge on any atom is 0.213 e. The van der Waals surface area contributed by atoms with E-state index in [4.69, 9.17) is 16.3 Å². The number of hydrogen-bond acceptors (Lipinski definition) is 5. The molecule has 2 aliphatic heterocycles. The molecule has 5 rings (SSSR count). The second-order valence-electron chi connectivity index (χ2n) is 7.43. The highest BCUT2D eigenvalue weighted by Gasteiger charge is 2.28. The van der Waals surface area contributed by atoms with Gasteiger partial charge in [0, 0.05) is 35.3 Å². The molecule has 3 aliphatic rings. The van der Waals surface area contributed by atoms with Crippen molar-refractivity contribution in [3.63, 3.8) is 0 Å². The number of aromatic nitrogens is 2. The highest BCUT2D eigenvalue weighted by molar-refractivity contribution is 6.34. The van der Waals surface area contributed by atoms with E-state index in [1.54, 1.807) is 6.20 Å². The molecule has 0 bridgehead atoms. The first-order chi connectivity index (χ1) is 13.8. The maximum absolute atomic E-state index is 6.25. The molecule has 0 amide bonds. The SMILES string of the molecule is Cl.ClC1=CCNc2c3c([nH]c2=C1)=C([C@H]1CC[C@H](Oc2ccccn2)CC1)N=NC3. The van der Waals surface area contributed by atoms with Crippen LogP contribution in [0.25, 0.3) is 11.8 Å². The van der Waals surface area contributed by atoms with Gasteiger partial charge in [0.25, 0.3) is 0 Å². The minimum Gasteiger partial charge on any atom is -0.474 e. The first kappa shape index (κ1) is 20.0. The van der Waals surface area contributed by atoms with Crippen LogP contribution >= 0.6 is 24.0 Å². The van der Waals surface area contributed by atoms with Crippen molar-refractivity contribution >= 4 is 41.5 Å². The molecule has 152 valence electrons. The number of allylic oxidation sites excluding steroid dienone is 1. The number of anilines is 1. The summed E-state index contributed by atoms with van der Waals surface area (Å²) in [4.78, 5) is 7.82. The molecule has 4 heterocycles. The van der Waals surface area contributed by atoms with E-state index in [1.165, 1.54) is 5.56 Å². The van der Waals surface area contributed by atoms with Crippen molar-refractivity contribution in [1.29, 1.82) is 0 Å². The lowest BCUT2D eigenvalue weighted by atomic mass is 9.84. The molecule has 0 spiro atoms. The van der Waals surface area contributed by atoms with Gasteiger partial charge in [-0.15, -0.1) is 12.4 Å². The highest BCUT2D eigenvalue weighted by Crippen LogP contribution is 2.34. The third kappa shape index (κ3) is 4.05. The van der Waals surface area contributed by atoms with Gasteiger partial charge in [0.15, 0.2) is 0 Å². The number of H-pyrrole nitrogens is 1. The van der Waals surface area contributed by atoms with Gasteiger partial charge in [-0.25, -0.2) is 4.98 Å². The van der Waals surface area contributed by atoms with Gasteiger partial charge in [-0.1, -0.05) is 17.7 Å². The number of rotatable bonds is 3. The topological polar surface area (TPSA) is 74.7 Å². The van der Waals surface area contributed by atoms with Gasteiger partial charge in [-0.05, 0) is 43.9 Å².